The highest BCUT2D eigenvalue weighted by atomic mass is 16.6. The Labute approximate surface area is 300 Å². The van der Waals surface area contributed by atoms with Gasteiger partial charge in [0.25, 0.3) is 0 Å². The molecule has 2 rings (SSSR count). The van der Waals surface area contributed by atoms with E-state index in [4.69, 9.17) is 23.7 Å². The van der Waals surface area contributed by atoms with Crippen molar-refractivity contribution in [2.24, 2.45) is 0 Å². The topological polar surface area (TPSA) is 78.4 Å². The Morgan fingerprint density at radius 2 is 0.959 bits per heavy atom. The van der Waals surface area contributed by atoms with Crippen LogP contribution in [0.2, 0.25) is 0 Å². The van der Waals surface area contributed by atoms with E-state index in [1.165, 1.54) is 122 Å². The Morgan fingerprint density at radius 3 is 1.53 bits per heavy atom. The lowest BCUT2D eigenvalue weighted by molar-refractivity contribution is -0.0309. The first-order valence-electron chi connectivity index (χ1n) is 20.2. The molecule has 2 heterocycles. The molecule has 0 saturated heterocycles. The zero-order valence-corrected chi connectivity index (χ0v) is 31.7. The van der Waals surface area contributed by atoms with Crippen LogP contribution in [-0.2, 0) is 18.9 Å². The van der Waals surface area contributed by atoms with Crippen molar-refractivity contribution in [1.29, 1.82) is 0 Å². The van der Waals surface area contributed by atoms with Gasteiger partial charge in [-0.25, -0.2) is 9.97 Å². The van der Waals surface area contributed by atoms with E-state index in [-0.39, 0.29) is 6.10 Å². The molecule has 1 aliphatic rings. The minimum absolute atomic E-state index is 0.265. The number of aromatic nitrogens is 2. The molecule has 0 N–H and O–H groups in total. The van der Waals surface area contributed by atoms with Gasteiger partial charge < -0.3 is 33.5 Å². The van der Waals surface area contributed by atoms with Gasteiger partial charge in [-0.1, -0.05) is 129 Å². The van der Waals surface area contributed by atoms with Crippen LogP contribution in [0.3, 0.4) is 0 Å². The smallest absolute Gasteiger partial charge is 0.316 e. The molecule has 1 aliphatic heterocycles. The summed E-state index contributed by atoms with van der Waals surface area (Å²) in [6.07, 6.45) is 34.5. The Kier molecular flexibility index (Phi) is 29.3. The molecule has 284 valence electrons. The molecule has 0 aromatic carbocycles. The number of ether oxygens (including phenoxy) is 5. The van der Waals surface area contributed by atoms with Crippen molar-refractivity contribution in [3.05, 3.63) is 30.9 Å². The molecule has 0 bridgehead atoms. The monoisotopic (exact) mass is 691 g/mol. The molecule has 0 radical (unpaired) electrons. The van der Waals surface area contributed by atoms with E-state index in [0.717, 1.165) is 32.8 Å². The quantitative estimate of drug-likeness (QED) is 0.0635. The van der Waals surface area contributed by atoms with Crippen molar-refractivity contribution < 1.29 is 23.7 Å². The van der Waals surface area contributed by atoms with E-state index >= 15 is 0 Å². The average Bonchev–Trinajstić information content (AvgIpc) is 3.58. The predicted octanol–water partition coefficient (Wildman–Crippen LogP) is 9.18. The van der Waals surface area contributed by atoms with Crippen molar-refractivity contribution in [3.8, 4) is 6.01 Å². The summed E-state index contributed by atoms with van der Waals surface area (Å²) in [7, 11) is 0. The lowest BCUT2D eigenvalue weighted by atomic mass is 10.0. The molecule has 1 aromatic heterocycles. The summed E-state index contributed by atoms with van der Waals surface area (Å²) in [6, 6.07) is 2.13. The SMILES string of the molecule is CCCCCCCCCCCCCCCCCCOCC(COCCOCCOCCN1C=CN(CCCCCC)C1)Oc1ncccn1. The normalized spacial score (nSPS) is 13.5. The molecular formula is C40H74N4O5. The number of nitrogens with zero attached hydrogens (tertiary/aromatic N) is 4. The molecule has 9 heteroatoms. The first kappa shape index (κ1) is 43.2. The fourth-order valence-corrected chi connectivity index (χ4v) is 5.96. The third kappa shape index (κ3) is 26.5. The molecule has 49 heavy (non-hydrogen) atoms. The molecule has 0 spiro atoms. The molecule has 9 nitrogen and oxygen atoms in total. The van der Waals surface area contributed by atoms with E-state index in [1.807, 2.05) is 0 Å². The maximum absolute atomic E-state index is 5.97. The molecular weight excluding hydrogens is 616 g/mol. The highest BCUT2D eigenvalue weighted by Crippen LogP contribution is 2.14. The second kappa shape index (κ2) is 33.2. The summed E-state index contributed by atoms with van der Waals surface area (Å²) in [5, 5.41) is 0. The fraction of sp³-hybridized carbons (Fsp3) is 0.850. The molecule has 1 aromatic rings. The van der Waals surface area contributed by atoms with Crippen LogP contribution in [0.15, 0.2) is 30.9 Å². The van der Waals surface area contributed by atoms with Crippen LogP contribution in [0.25, 0.3) is 0 Å². The van der Waals surface area contributed by atoms with Gasteiger partial charge in [0, 0.05) is 44.5 Å². The third-order valence-electron chi connectivity index (χ3n) is 8.98. The van der Waals surface area contributed by atoms with Crippen molar-refractivity contribution in [2.45, 2.75) is 148 Å². The summed E-state index contributed by atoms with van der Waals surface area (Å²) in [5.74, 6) is 0. The standard InChI is InChI=1S/C40H74N4O5/c1-3-5-7-9-10-11-12-13-14-15-16-17-18-19-20-22-30-47-36-39(49-40-41-24-23-25-42-40)37-48-35-34-46-33-32-45-31-29-44-28-27-43(38-44)26-21-8-6-4-2/h23-25,27-28,39H,3-22,26,29-38H2,1-2H3. The van der Waals surface area contributed by atoms with Crippen LogP contribution in [0, 0.1) is 0 Å². The second-order valence-corrected chi connectivity index (χ2v) is 13.6. The fourth-order valence-electron chi connectivity index (χ4n) is 5.96. The zero-order valence-electron chi connectivity index (χ0n) is 31.7. The van der Waals surface area contributed by atoms with Gasteiger partial charge >= 0.3 is 6.01 Å². The van der Waals surface area contributed by atoms with Crippen LogP contribution >= 0.6 is 0 Å². The molecule has 0 fully saturated rings. The van der Waals surface area contributed by atoms with Gasteiger partial charge in [0.05, 0.1) is 52.9 Å². The summed E-state index contributed by atoms with van der Waals surface area (Å²) < 4.78 is 29.3. The Hall–Kier alpha value is -1.94. The van der Waals surface area contributed by atoms with Gasteiger partial charge in [-0.3, -0.25) is 0 Å². The molecule has 0 amide bonds. The van der Waals surface area contributed by atoms with Gasteiger partial charge in [-0.15, -0.1) is 0 Å². The predicted molar refractivity (Wildman–Crippen MR) is 201 cm³/mol. The minimum atomic E-state index is -0.265. The Balaban J connectivity index is 1.40. The van der Waals surface area contributed by atoms with Crippen molar-refractivity contribution in [3.63, 3.8) is 0 Å². The maximum atomic E-state index is 5.97. The maximum Gasteiger partial charge on any atom is 0.316 e. The van der Waals surface area contributed by atoms with Crippen molar-refractivity contribution in [1.82, 2.24) is 19.8 Å². The lowest BCUT2D eigenvalue weighted by Crippen LogP contribution is -2.30. The third-order valence-corrected chi connectivity index (χ3v) is 8.98. The van der Waals surface area contributed by atoms with Gasteiger partial charge in [0.1, 0.15) is 6.10 Å². The van der Waals surface area contributed by atoms with E-state index in [1.54, 1.807) is 18.5 Å². The van der Waals surface area contributed by atoms with Crippen LogP contribution < -0.4 is 4.74 Å². The second-order valence-electron chi connectivity index (χ2n) is 13.6. The highest BCUT2D eigenvalue weighted by Gasteiger charge is 2.14. The van der Waals surface area contributed by atoms with Crippen LogP contribution in [0.1, 0.15) is 142 Å². The molecule has 1 atom stereocenters. The van der Waals surface area contributed by atoms with Crippen molar-refractivity contribution in [2.75, 3.05) is 72.6 Å². The number of hydrogen-bond donors (Lipinski definition) is 0. The Morgan fingerprint density at radius 1 is 0.510 bits per heavy atom. The summed E-state index contributed by atoms with van der Waals surface area (Å²) in [4.78, 5) is 13.1. The van der Waals surface area contributed by atoms with Gasteiger partial charge in [0.2, 0.25) is 0 Å². The van der Waals surface area contributed by atoms with Crippen LogP contribution in [0.4, 0.5) is 0 Å². The zero-order chi connectivity index (χ0) is 34.7. The van der Waals surface area contributed by atoms with Crippen molar-refractivity contribution >= 4 is 0 Å². The number of hydrogen-bond acceptors (Lipinski definition) is 9. The van der Waals surface area contributed by atoms with E-state index in [0.29, 0.717) is 52.3 Å². The van der Waals surface area contributed by atoms with Crippen LogP contribution in [-0.4, -0.2) is 98.5 Å². The number of rotatable bonds is 37. The lowest BCUT2D eigenvalue weighted by Gasteiger charge is -2.21. The minimum Gasteiger partial charge on any atom is -0.455 e. The van der Waals surface area contributed by atoms with Gasteiger partial charge in [-0.05, 0) is 18.9 Å². The molecule has 1 unspecified atom stereocenters. The molecule has 0 aliphatic carbocycles. The van der Waals surface area contributed by atoms with Gasteiger partial charge in [0.15, 0.2) is 0 Å². The number of unbranched alkanes of at least 4 members (excludes halogenated alkanes) is 18. The van der Waals surface area contributed by atoms with Gasteiger partial charge in [-0.2, -0.15) is 0 Å². The first-order valence-corrected chi connectivity index (χ1v) is 20.2. The largest absolute Gasteiger partial charge is 0.455 e. The Bertz CT molecular complexity index is 849. The summed E-state index contributed by atoms with van der Waals surface area (Å²) in [5.41, 5.74) is 0. The summed E-state index contributed by atoms with van der Waals surface area (Å²) >= 11 is 0. The van der Waals surface area contributed by atoms with Crippen LogP contribution in [0.5, 0.6) is 6.01 Å². The van der Waals surface area contributed by atoms with E-state index in [2.05, 4.69) is 46.0 Å². The summed E-state index contributed by atoms with van der Waals surface area (Å²) in [6.45, 7) is 12.0. The van der Waals surface area contributed by atoms with E-state index in [9.17, 15) is 0 Å². The first-order chi connectivity index (χ1) is 24.3. The average molecular weight is 691 g/mol. The highest BCUT2D eigenvalue weighted by molar-refractivity contribution is 4.94. The van der Waals surface area contributed by atoms with E-state index < -0.39 is 0 Å². The molecule has 0 saturated carbocycles.